The summed E-state index contributed by atoms with van der Waals surface area (Å²) in [5.41, 5.74) is 0. The fourth-order valence-corrected chi connectivity index (χ4v) is 2.35. The molecule has 1 aromatic heterocycles. The van der Waals surface area contributed by atoms with Gasteiger partial charge in [0.2, 0.25) is 0 Å². The standard InChI is InChI=1S/C10H12ClNOS/c1-7(13)6-8(2)14-10-9(11)4-3-5-12-10/h3-5,8H,6H2,1-2H3. The van der Waals surface area contributed by atoms with E-state index in [9.17, 15) is 4.79 Å². The van der Waals surface area contributed by atoms with Crippen LogP contribution in [0.1, 0.15) is 20.3 Å². The van der Waals surface area contributed by atoms with Crippen molar-refractivity contribution in [1.29, 1.82) is 0 Å². The first-order valence-corrected chi connectivity index (χ1v) is 5.62. The lowest BCUT2D eigenvalue weighted by Crippen LogP contribution is -2.03. The normalized spacial score (nSPS) is 12.5. The predicted octanol–water partition coefficient (Wildman–Crippen LogP) is 3.19. The second kappa shape index (κ2) is 5.37. The summed E-state index contributed by atoms with van der Waals surface area (Å²) >= 11 is 7.47. The van der Waals surface area contributed by atoms with Crippen LogP contribution in [-0.2, 0) is 4.79 Å². The maximum absolute atomic E-state index is 10.9. The van der Waals surface area contributed by atoms with E-state index in [1.54, 1.807) is 25.3 Å². The van der Waals surface area contributed by atoms with Crippen molar-refractivity contribution >= 4 is 29.1 Å². The highest BCUT2D eigenvalue weighted by atomic mass is 35.5. The molecule has 0 bridgehead atoms. The molecule has 0 aromatic carbocycles. The van der Waals surface area contributed by atoms with Gasteiger partial charge in [-0.3, -0.25) is 4.79 Å². The van der Waals surface area contributed by atoms with Crippen molar-refractivity contribution < 1.29 is 4.79 Å². The van der Waals surface area contributed by atoms with E-state index in [0.717, 1.165) is 5.03 Å². The van der Waals surface area contributed by atoms with E-state index in [1.165, 1.54) is 11.8 Å². The Hall–Kier alpha value is -0.540. The minimum absolute atomic E-state index is 0.192. The lowest BCUT2D eigenvalue weighted by molar-refractivity contribution is -0.116. The molecule has 0 aliphatic carbocycles. The summed E-state index contributed by atoms with van der Waals surface area (Å²) in [6, 6.07) is 3.60. The summed E-state index contributed by atoms with van der Waals surface area (Å²) in [5, 5.41) is 1.66. The van der Waals surface area contributed by atoms with Crippen LogP contribution in [0, 0.1) is 0 Å². The minimum Gasteiger partial charge on any atom is -0.300 e. The number of nitrogens with zero attached hydrogens (tertiary/aromatic N) is 1. The average molecular weight is 230 g/mol. The van der Waals surface area contributed by atoms with Crippen LogP contribution in [0.4, 0.5) is 0 Å². The van der Waals surface area contributed by atoms with Gasteiger partial charge in [0.15, 0.2) is 0 Å². The lowest BCUT2D eigenvalue weighted by Gasteiger charge is -2.08. The van der Waals surface area contributed by atoms with Crippen LogP contribution in [0.15, 0.2) is 23.4 Å². The average Bonchev–Trinajstić information content (AvgIpc) is 2.07. The number of halogens is 1. The highest BCUT2D eigenvalue weighted by molar-refractivity contribution is 8.00. The summed E-state index contributed by atoms with van der Waals surface area (Å²) in [4.78, 5) is 15.0. The predicted molar refractivity (Wildman–Crippen MR) is 59.9 cm³/mol. The largest absolute Gasteiger partial charge is 0.300 e. The van der Waals surface area contributed by atoms with Gasteiger partial charge in [0.05, 0.1) is 5.02 Å². The third kappa shape index (κ3) is 3.68. The van der Waals surface area contributed by atoms with E-state index in [1.807, 2.05) is 6.92 Å². The minimum atomic E-state index is 0.192. The van der Waals surface area contributed by atoms with Crippen LogP contribution in [0.5, 0.6) is 0 Å². The van der Waals surface area contributed by atoms with E-state index in [4.69, 9.17) is 11.6 Å². The number of thioether (sulfide) groups is 1. The molecule has 76 valence electrons. The summed E-state index contributed by atoms with van der Waals surface area (Å²) in [5.74, 6) is 0.192. The summed E-state index contributed by atoms with van der Waals surface area (Å²) in [6.07, 6.45) is 2.26. The van der Waals surface area contributed by atoms with Gasteiger partial charge in [-0.2, -0.15) is 0 Å². The Balaban J connectivity index is 2.60. The van der Waals surface area contributed by atoms with Gasteiger partial charge in [-0.25, -0.2) is 4.98 Å². The molecule has 1 rings (SSSR count). The summed E-state index contributed by atoms with van der Waals surface area (Å²) in [7, 11) is 0. The number of Topliss-reactive ketones (excluding diaryl/α,β-unsaturated/α-hetero) is 1. The zero-order chi connectivity index (χ0) is 10.6. The highest BCUT2D eigenvalue weighted by Crippen LogP contribution is 2.29. The molecule has 0 amide bonds. The van der Waals surface area contributed by atoms with Crippen LogP contribution in [-0.4, -0.2) is 16.0 Å². The molecule has 14 heavy (non-hydrogen) atoms. The number of carbonyl (C=O) groups excluding carboxylic acids is 1. The van der Waals surface area contributed by atoms with E-state index >= 15 is 0 Å². The fraction of sp³-hybridized carbons (Fsp3) is 0.400. The number of hydrogen-bond acceptors (Lipinski definition) is 3. The van der Waals surface area contributed by atoms with Gasteiger partial charge in [-0.05, 0) is 19.1 Å². The Kier molecular flexibility index (Phi) is 4.42. The SMILES string of the molecule is CC(=O)CC(C)Sc1ncccc1Cl. The Morgan fingerprint density at radius 1 is 1.71 bits per heavy atom. The molecule has 4 heteroatoms. The zero-order valence-corrected chi connectivity index (χ0v) is 9.73. The van der Waals surface area contributed by atoms with E-state index < -0.39 is 0 Å². The van der Waals surface area contributed by atoms with Gasteiger partial charge >= 0.3 is 0 Å². The smallest absolute Gasteiger partial charge is 0.130 e. The molecule has 0 aliphatic heterocycles. The molecule has 0 spiro atoms. The Bertz CT molecular complexity index is 330. The number of aromatic nitrogens is 1. The maximum atomic E-state index is 10.9. The molecule has 1 heterocycles. The van der Waals surface area contributed by atoms with E-state index in [0.29, 0.717) is 11.4 Å². The molecule has 0 aliphatic rings. The quantitative estimate of drug-likeness (QED) is 0.743. The van der Waals surface area contributed by atoms with E-state index in [-0.39, 0.29) is 11.0 Å². The monoisotopic (exact) mass is 229 g/mol. The van der Waals surface area contributed by atoms with Gasteiger partial charge in [0.25, 0.3) is 0 Å². The van der Waals surface area contributed by atoms with Crippen LogP contribution in [0.3, 0.4) is 0 Å². The molecule has 0 N–H and O–H groups in total. The topological polar surface area (TPSA) is 30.0 Å². The molecule has 1 unspecified atom stereocenters. The molecule has 1 aromatic rings. The van der Waals surface area contributed by atoms with Crippen LogP contribution in [0.25, 0.3) is 0 Å². The first-order valence-electron chi connectivity index (χ1n) is 4.36. The fourth-order valence-electron chi connectivity index (χ4n) is 1.09. The second-order valence-corrected chi connectivity index (χ2v) is 4.96. The third-order valence-electron chi connectivity index (χ3n) is 1.61. The van der Waals surface area contributed by atoms with Crippen molar-refractivity contribution in [3.8, 4) is 0 Å². The molecule has 0 fully saturated rings. The summed E-state index contributed by atoms with van der Waals surface area (Å²) < 4.78 is 0. The van der Waals surface area contributed by atoms with Crippen molar-refractivity contribution in [3.63, 3.8) is 0 Å². The number of hydrogen-bond donors (Lipinski definition) is 0. The molecule has 2 nitrogen and oxygen atoms in total. The Morgan fingerprint density at radius 2 is 2.43 bits per heavy atom. The lowest BCUT2D eigenvalue weighted by atomic mass is 10.2. The van der Waals surface area contributed by atoms with Crippen molar-refractivity contribution in [3.05, 3.63) is 23.4 Å². The van der Waals surface area contributed by atoms with Crippen molar-refractivity contribution in [2.45, 2.75) is 30.5 Å². The van der Waals surface area contributed by atoms with Gasteiger partial charge in [0.1, 0.15) is 10.8 Å². The second-order valence-electron chi connectivity index (χ2n) is 3.12. The maximum Gasteiger partial charge on any atom is 0.130 e. The molecule has 0 radical (unpaired) electrons. The number of ketones is 1. The van der Waals surface area contributed by atoms with Gasteiger partial charge < -0.3 is 0 Å². The van der Waals surface area contributed by atoms with Crippen LogP contribution >= 0.6 is 23.4 Å². The number of carbonyl (C=O) groups is 1. The van der Waals surface area contributed by atoms with Gasteiger partial charge in [0, 0.05) is 17.9 Å². The number of rotatable bonds is 4. The zero-order valence-electron chi connectivity index (χ0n) is 8.16. The Labute approximate surface area is 93.1 Å². The van der Waals surface area contributed by atoms with Crippen molar-refractivity contribution in [1.82, 2.24) is 4.98 Å². The van der Waals surface area contributed by atoms with Crippen LogP contribution < -0.4 is 0 Å². The van der Waals surface area contributed by atoms with Crippen molar-refractivity contribution in [2.24, 2.45) is 0 Å². The van der Waals surface area contributed by atoms with Gasteiger partial charge in [-0.15, -0.1) is 11.8 Å². The van der Waals surface area contributed by atoms with Gasteiger partial charge in [-0.1, -0.05) is 18.5 Å². The first kappa shape index (κ1) is 11.5. The van der Waals surface area contributed by atoms with Crippen molar-refractivity contribution in [2.75, 3.05) is 0 Å². The molecular formula is C10H12ClNOS. The van der Waals surface area contributed by atoms with Crippen LogP contribution in [0.2, 0.25) is 5.02 Å². The highest BCUT2D eigenvalue weighted by Gasteiger charge is 2.10. The molecular weight excluding hydrogens is 218 g/mol. The number of pyridine rings is 1. The Morgan fingerprint density at radius 3 is 3.00 bits per heavy atom. The molecule has 1 atom stereocenters. The molecule has 0 saturated carbocycles. The summed E-state index contributed by atoms with van der Waals surface area (Å²) in [6.45, 7) is 3.59. The van der Waals surface area contributed by atoms with E-state index in [2.05, 4.69) is 4.98 Å². The first-order chi connectivity index (χ1) is 6.59. The third-order valence-corrected chi connectivity index (χ3v) is 3.15. The molecule has 0 saturated heterocycles.